The third kappa shape index (κ3) is 4.22. The Bertz CT molecular complexity index is 739. The van der Waals surface area contributed by atoms with Crippen LogP contribution >= 0.6 is 0 Å². The molecule has 0 unspecified atom stereocenters. The van der Waals surface area contributed by atoms with Gasteiger partial charge < -0.3 is 14.0 Å². The number of ether oxygens (including phenoxy) is 1. The molecule has 1 fully saturated rings. The highest BCUT2D eigenvalue weighted by molar-refractivity contribution is 6.81. The van der Waals surface area contributed by atoms with Crippen LogP contribution in [0.4, 0.5) is 0 Å². The van der Waals surface area contributed by atoms with E-state index in [0.717, 1.165) is 35.9 Å². The Labute approximate surface area is 164 Å². The van der Waals surface area contributed by atoms with Crippen LogP contribution in [-0.2, 0) is 15.9 Å². The summed E-state index contributed by atoms with van der Waals surface area (Å²) in [5.74, 6) is 0.851. The molecule has 1 heterocycles. The molecule has 4 heteroatoms. The largest absolute Gasteiger partial charge is 0.558 e. The van der Waals surface area contributed by atoms with Gasteiger partial charge in [0.05, 0.1) is 0 Å². The van der Waals surface area contributed by atoms with Gasteiger partial charge >= 0.3 is 0 Å². The van der Waals surface area contributed by atoms with Crippen LogP contribution in [0.25, 0.3) is 0 Å². The maximum absolute atomic E-state index is 6.64. The predicted octanol–water partition coefficient (Wildman–Crippen LogP) is 5.32. The zero-order valence-corrected chi connectivity index (χ0v) is 17.3. The van der Waals surface area contributed by atoms with Gasteiger partial charge in [0.25, 0.3) is 6.55 Å². The van der Waals surface area contributed by atoms with Crippen molar-refractivity contribution < 1.29 is 14.0 Å². The van der Waals surface area contributed by atoms with Crippen LogP contribution in [0.5, 0.6) is 5.75 Å². The van der Waals surface area contributed by atoms with Crippen molar-refractivity contribution >= 4 is 12.0 Å². The van der Waals surface area contributed by atoms with Crippen LogP contribution in [0.15, 0.2) is 54.6 Å². The van der Waals surface area contributed by atoms with E-state index < -0.39 is 6.55 Å². The van der Waals surface area contributed by atoms with Crippen molar-refractivity contribution in [3.63, 3.8) is 0 Å². The molecule has 0 aromatic heterocycles. The molecular weight excluding hydrogens is 335 g/mol. The maximum atomic E-state index is 6.64. The maximum Gasteiger partial charge on any atom is 0.270 e. The molecule has 0 radical (unpaired) electrons. The smallest absolute Gasteiger partial charge is 0.270 e. The van der Waals surface area contributed by atoms with Crippen molar-refractivity contribution in [1.29, 1.82) is 0 Å². The van der Waals surface area contributed by atoms with E-state index in [-0.39, 0.29) is 11.2 Å². The van der Waals surface area contributed by atoms with Gasteiger partial charge in [-0.05, 0) is 39.3 Å². The van der Waals surface area contributed by atoms with Crippen molar-refractivity contribution in [2.45, 2.75) is 71.6 Å². The fourth-order valence-corrected chi connectivity index (χ4v) is 3.77. The van der Waals surface area contributed by atoms with Gasteiger partial charge in [0, 0.05) is 11.2 Å². The second kappa shape index (κ2) is 7.69. The number of unbranched alkanes of at least 4 members (excludes halogenated alkanes) is 1. The summed E-state index contributed by atoms with van der Waals surface area (Å²) in [6, 6.07) is 18.5. The SMILES string of the molecule is CCCC[B-]1(c2cccc(OCc3ccccc3)c2)OC(C)(C)C(C)(C)O1. The predicted molar refractivity (Wildman–Crippen MR) is 113 cm³/mol. The molecule has 1 saturated heterocycles. The van der Waals surface area contributed by atoms with Gasteiger partial charge in [0.2, 0.25) is 0 Å². The average Bonchev–Trinajstić information content (AvgIpc) is 2.84. The number of hydrogen-bond acceptors (Lipinski definition) is 3. The van der Waals surface area contributed by atoms with Gasteiger partial charge in [-0.1, -0.05) is 68.3 Å². The molecule has 0 N–H and O–H groups in total. The topological polar surface area (TPSA) is 27.7 Å². The molecular formula is C23H32BO3-. The lowest BCUT2D eigenvalue weighted by Crippen LogP contribution is -2.51. The van der Waals surface area contributed by atoms with Gasteiger partial charge in [-0.3, -0.25) is 0 Å². The highest BCUT2D eigenvalue weighted by Crippen LogP contribution is 2.43. The fourth-order valence-electron chi connectivity index (χ4n) is 3.77. The average molecular weight is 367 g/mol. The van der Waals surface area contributed by atoms with E-state index in [9.17, 15) is 0 Å². The first-order valence-corrected chi connectivity index (χ1v) is 10.1. The van der Waals surface area contributed by atoms with Gasteiger partial charge in [-0.2, -0.15) is 0 Å². The molecule has 0 amide bonds. The summed E-state index contributed by atoms with van der Waals surface area (Å²) in [6.07, 6.45) is 3.08. The van der Waals surface area contributed by atoms with Gasteiger partial charge in [-0.15, -0.1) is 11.8 Å². The monoisotopic (exact) mass is 367 g/mol. The Kier molecular flexibility index (Phi) is 5.69. The van der Waals surface area contributed by atoms with Gasteiger partial charge in [0.1, 0.15) is 12.4 Å². The molecule has 0 saturated carbocycles. The third-order valence-corrected chi connectivity index (χ3v) is 5.97. The first kappa shape index (κ1) is 20.0. The zero-order valence-electron chi connectivity index (χ0n) is 17.3. The summed E-state index contributed by atoms with van der Waals surface area (Å²) in [5, 5.41) is 0. The Morgan fingerprint density at radius 1 is 0.889 bits per heavy atom. The first-order valence-electron chi connectivity index (χ1n) is 10.1. The van der Waals surface area contributed by atoms with Crippen LogP contribution in [0.1, 0.15) is 53.0 Å². The lowest BCUT2D eigenvalue weighted by molar-refractivity contribution is 0.00578. The molecule has 1 aliphatic heterocycles. The summed E-state index contributed by atoms with van der Waals surface area (Å²) >= 11 is 0. The van der Waals surface area contributed by atoms with E-state index in [2.05, 4.69) is 58.9 Å². The highest BCUT2D eigenvalue weighted by atomic mass is 16.7. The minimum atomic E-state index is -1.53. The zero-order chi connectivity index (χ0) is 19.5. The van der Waals surface area contributed by atoms with Crippen LogP contribution in [-0.4, -0.2) is 17.8 Å². The summed E-state index contributed by atoms with van der Waals surface area (Å²) in [4.78, 5) is 0. The Balaban J connectivity index is 1.85. The molecule has 0 spiro atoms. The van der Waals surface area contributed by atoms with Crippen molar-refractivity contribution in [1.82, 2.24) is 0 Å². The van der Waals surface area contributed by atoms with Crippen molar-refractivity contribution in [3.05, 3.63) is 60.2 Å². The summed E-state index contributed by atoms with van der Waals surface area (Å²) in [6.45, 7) is 9.72. The van der Waals surface area contributed by atoms with E-state index >= 15 is 0 Å². The Morgan fingerprint density at radius 2 is 1.56 bits per heavy atom. The quantitative estimate of drug-likeness (QED) is 0.620. The minimum Gasteiger partial charge on any atom is -0.558 e. The van der Waals surface area contributed by atoms with E-state index in [1.165, 1.54) is 0 Å². The van der Waals surface area contributed by atoms with E-state index in [0.29, 0.717) is 6.61 Å². The molecule has 146 valence electrons. The molecule has 0 bridgehead atoms. The summed E-state index contributed by atoms with van der Waals surface area (Å²) in [5.41, 5.74) is 1.56. The van der Waals surface area contributed by atoms with E-state index in [1.54, 1.807) is 0 Å². The van der Waals surface area contributed by atoms with E-state index in [1.807, 2.05) is 30.3 Å². The van der Waals surface area contributed by atoms with Gasteiger partial charge in [0.15, 0.2) is 0 Å². The van der Waals surface area contributed by atoms with Crippen molar-refractivity contribution in [2.75, 3.05) is 0 Å². The first-order chi connectivity index (χ1) is 12.8. The van der Waals surface area contributed by atoms with Crippen LogP contribution in [0.2, 0.25) is 6.32 Å². The molecule has 2 aromatic carbocycles. The van der Waals surface area contributed by atoms with Crippen LogP contribution in [0.3, 0.4) is 0 Å². The highest BCUT2D eigenvalue weighted by Gasteiger charge is 2.51. The lowest BCUT2D eigenvalue weighted by Gasteiger charge is -2.38. The molecule has 2 aromatic rings. The van der Waals surface area contributed by atoms with Gasteiger partial charge in [-0.25, -0.2) is 0 Å². The van der Waals surface area contributed by atoms with Crippen LogP contribution in [0, 0.1) is 0 Å². The lowest BCUT2D eigenvalue weighted by atomic mass is 9.48. The molecule has 27 heavy (non-hydrogen) atoms. The van der Waals surface area contributed by atoms with Crippen molar-refractivity contribution in [3.8, 4) is 5.75 Å². The number of hydrogen-bond donors (Lipinski definition) is 0. The fraction of sp³-hybridized carbons (Fsp3) is 0.478. The number of benzene rings is 2. The second-order valence-electron chi connectivity index (χ2n) is 8.61. The molecule has 3 rings (SSSR count). The Hall–Kier alpha value is -1.78. The van der Waals surface area contributed by atoms with E-state index in [4.69, 9.17) is 14.0 Å². The molecule has 0 aliphatic carbocycles. The molecule has 0 atom stereocenters. The summed E-state index contributed by atoms with van der Waals surface area (Å²) < 4.78 is 19.3. The van der Waals surface area contributed by atoms with Crippen molar-refractivity contribution in [2.24, 2.45) is 0 Å². The standard InChI is InChI=1S/C23H32BO3/c1-6-7-16-24(26-22(2,3)23(4,5)27-24)20-14-11-15-21(17-20)25-18-19-12-9-8-10-13-19/h8-15,17H,6-7,16,18H2,1-5H3/q-1. The normalized spacial score (nSPS) is 19.7. The molecule has 3 nitrogen and oxygen atoms in total. The third-order valence-electron chi connectivity index (χ3n) is 5.97. The number of rotatable bonds is 7. The molecule has 1 aliphatic rings. The minimum absolute atomic E-state index is 0.346. The second-order valence-corrected chi connectivity index (χ2v) is 8.61. The summed E-state index contributed by atoms with van der Waals surface area (Å²) in [7, 11) is 0. The van der Waals surface area contributed by atoms with Crippen LogP contribution < -0.4 is 10.2 Å². The Morgan fingerprint density at radius 3 is 2.19 bits per heavy atom.